The third kappa shape index (κ3) is 4.99. The van der Waals surface area contributed by atoms with Crippen LogP contribution in [0.25, 0.3) is 6.08 Å². The molecule has 1 aromatic rings. The molecule has 1 aliphatic heterocycles. The number of hydrogen-bond donors (Lipinski definition) is 2. The molecule has 5 heteroatoms. The van der Waals surface area contributed by atoms with Crippen molar-refractivity contribution in [3.05, 3.63) is 29.3 Å². The molecule has 132 valence electrons. The molecule has 0 aromatic heterocycles. The maximum Gasteiger partial charge on any atom is 0.342 e. The fourth-order valence-corrected chi connectivity index (χ4v) is 2.86. The van der Waals surface area contributed by atoms with Crippen LogP contribution in [0.5, 0.6) is 11.5 Å². The lowest BCUT2D eigenvalue weighted by Crippen LogP contribution is -2.17. The third-order valence-electron chi connectivity index (χ3n) is 4.22. The van der Waals surface area contributed by atoms with Crippen LogP contribution in [0.1, 0.15) is 61.4 Å². The van der Waals surface area contributed by atoms with Gasteiger partial charge in [-0.15, -0.1) is 0 Å². The Kier molecular flexibility index (Phi) is 6.67. The van der Waals surface area contributed by atoms with Crippen molar-refractivity contribution >= 4 is 12.0 Å². The molecule has 0 spiro atoms. The number of carbonyl (C=O) groups excluding carboxylic acids is 1. The van der Waals surface area contributed by atoms with E-state index < -0.39 is 5.97 Å². The van der Waals surface area contributed by atoms with Gasteiger partial charge in [0.25, 0.3) is 0 Å². The standard InChI is InChI=1S/C19H26O5/c1-13-7-6-10-15(20)9-5-3-4-8-14-11-16(23-2)12-17(21)18(14)19(22)24-13/h4,8,11-13,15,20-21H,3,5-7,9-10H2,1-2H3/b8-4+/t13-,15+/m0/s1. The predicted molar refractivity (Wildman–Crippen MR) is 92.3 cm³/mol. The molecule has 0 fully saturated rings. The zero-order valence-electron chi connectivity index (χ0n) is 14.3. The lowest BCUT2D eigenvalue weighted by atomic mass is 10.0. The summed E-state index contributed by atoms with van der Waals surface area (Å²) in [5.41, 5.74) is 0.734. The molecule has 0 saturated carbocycles. The number of benzene rings is 1. The second-order valence-corrected chi connectivity index (χ2v) is 6.24. The van der Waals surface area contributed by atoms with Crippen molar-refractivity contribution < 1.29 is 24.5 Å². The van der Waals surface area contributed by atoms with Gasteiger partial charge in [-0.2, -0.15) is 0 Å². The van der Waals surface area contributed by atoms with Crippen LogP contribution in [0.2, 0.25) is 0 Å². The van der Waals surface area contributed by atoms with Gasteiger partial charge in [0.1, 0.15) is 17.1 Å². The number of fused-ring (bicyclic) bond motifs is 1. The Morgan fingerprint density at radius 1 is 1.21 bits per heavy atom. The second-order valence-electron chi connectivity index (χ2n) is 6.24. The van der Waals surface area contributed by atoms with E-state index in [-0.39, 0.29) is 23.5 Å². The van der Waals surface area contributed by atoms with Gasteiger partial charge in [0.05, 0.1) is 19.3 Å². The summed E-state index contributed by atoms with van der Waals surface area (Å²) >= 11 is 0. The van der Waals surface area contributed by atoms with Crippen LogP contribution in [0.15, 0.2) is 18.2 Å². The number of carbonyl (C=O) groups is 1. The molecule has 24 heavy (non-hydrogen) atoms. The topological polar surface area (TPSA) is 76.0 Å². The number of ether oxygens (including phenoxy) is 2. The number of phenols is 1. The molecular weight excluding hydrogens is 308 g/mol. The first-order valence-electron chi connectivity index (χ1n) is 8.48. The van der Waals surface area contributed by atoms with Crippen LogP contribution in [0, 0.1) is 0 Å². The minimum atomic E-state index is -0.542. The lowest BCUT2D eigenvalue weighted by molar-refractivity contribution is 0.0307. The van der Waals surface area contributed by atoms with Crippen molar-refractivity contribution in [1.82, 2.24) is 0 Å². The number of aliphatic hydroxyl groups is 1. The average molecular weight is 334 g/mol. The molecule has 0 bridgehead atoms. The predicted octanol–water partition coefficient (Wildman–Crippen LogP) is 3.67. The Balaban J connectivity index is 2.32. The van der Waals surface area contributed by atoms with Gasteiger partial charge in [-0.05, 0) is 57.1 Å². The van der Waals surface area contributed by atoms with Gasteiger partial charge in [0, 0.05) is 6.07 Å². The van der Waals surface area contributed by atoms with Crippen molar-refractivity contribution in [2.24, 2.45) is 0 Å². The largest absolute Gasteiger partial charge is 0.507 e. The number of methoxy groups -OCH3 is 1. The SMILES string of the molecule is COc1cc(O)c2c(c1)/C=C/CCC[C@@H](O)CCC[C@H](C)OC2=O. The number of phenolic OH excluding ortho intramolecular Hbond substituents is 1. The molecule has 0 radical (unpaired) electrons. The highest BCUT2D eigenvalue weighted by atomic mass is 16.5. The highest BCUT2D eigenvalue weighted by Crippen LogP contribution is 2.30. The van der Waals surface area contributed by atoms with E-state index in [1.54, 1.807) is 12.1 Å². The van der Waals surface area contributed by atoms with Crippen molar-refractivity contribution in [3.63, 3.8) is 0 Å². The highest BCUT2D eigenvalue weighted by Gasteiger charge is 2.21. The van der Waals surface area contributed by atoms with E-state index in [0.717, 1.165) is 25.7 Å². The molecule has 5 nitrogen and oxygen atoms in total. The molecular formula is C19H26O5. The van der Waals surface area contributed by atoms with Crippen LogP contribution in [-0.2, 0) is 4.74 Å². The highest BCUT2D eigenvalue weighted by molar-refractivity contribution is 5.97. The maximum absolute atomic E-state index is 12.5. The molecule has 2 N–H and O–H groups in total. The van der Waals surface area contributed by atoms with Gasteiger partial charge in [-0.25, -0.2) is 4.79 Å². The summed E-state index contributed by atoms with van der Waals surface area (Å²) in [6, 6.07) is 3.12. The summed E-state index contributed by atoms with van der Waals surface area (Å²) in [5, 5.41) is 20.2. The molecule has 0 saturated heterocycles. The third-order valence-corrected chi connectivity index (χ3v) is 4.22. The van der Waals surface area contributed by atoms with E-state index >= 15 is 0 Å². The Hall–Kier alpha value is -2.01. The second kappa shape index (κ2) is 8.73. The molecule has 2 rings (SSSR count). The van der Waals surface area contributed by atoms with Gasteiger partial charge in [0.2, 0.25) is 0 Å². The van der Waals surface area contributed by atoms with Crippen LogP contribution >= 0.6 is 0 Å². The number of esters is 1. The maximum atomic E-state index is 12.5. The Morgan fingerprint density at radius 2 is 1.96 bits per heavy atom. The van der Waals surface area contributed by atoms with E-state index in [2.05, 4.69) is 0 Å². The molecule has 0 aliphatic carbocycles. The van der Waals surface area contributed by atoms with E-state index in [1.165, 1.54) is 13.2 Å². The fourth-order valence-electron chi connectivity index (χ4n) is 2.86. The summed E-state index contributed by atoms with van der Waals surface area (Å²) in [4.78, 5) is 12.5. The molecule has 1 heterocycles. The minimum absolute atomic E-state index is 0.145. The van der Waals surface area contributed by atoms with Crippen LogP contribution in [0.3, 0.4) is 0 Å². The Labute approximate surface area is 142 Å². The number of rotatable bonds is 1. The van der Waals surface area contributed by atoms with E-state index in [0.29, 0.717) is 24.2 Å². The summed E-state index contributed by atoms with van der Waals surface area (Å²) in [5.74, 6) is -0.207. The molecule has 1 aromatic carbocycles. The van der Waals surface area contributed by atoms with Crippen LogP contribution < -0.4 is 4.74 Å². The number of allylic oxidation sites excluding steroid dienone is 1. The summed E-state index contributed by atoms with van der Waals surface area (Å²) < 4.78 is 10.6. The van der Waals surface area contributed by atoms with E-state index in [9.17, 15) is 15.0 Å². The zero-order valence-corrected chi connectivity index (χ0v) is 14.3. The van der Waals surface area contributed by atoms with Crippen LogP contribution in [-0.4, -0.2) is 35.5 Å². The monoisotopic (exact) mass is 334 g/mol. The molecule has 1 aliphatic rings. The van der Waals surface area contributed by atoms with Gasteiger partial charge >= 0.3 is 5.97 Å². The smallest absolute Gasteiger partial charge is 0.342 e. The number of aromatic hydroxyl groups is 1. The summed E-state index contributed by atoms with van der Waals surface area (Å²) in [6.45, 7) is 1.83. The van der Waals surface area contributed by atoms with Crippen molar-refractivity contribution in [2.45, 2.75) is 57.7 Å². The molecule has 2 atom stereocenters. The van der Waals surface area contributed by atoms with Gasteiger partial charge in [-0.1, -0.05) is 12.2 Å². The summed E-state index contributed by atoms with van der Waals surface area (Å²) in [6.07, 6.45) is 7.78. The van der Waals surface area contributed by atoms with Crippen molar-refractivity contribution in [2.75, 3.05) is 7.11 Å². The van der Waals surface area contributed by atoms with Crippen molar-refractivity contribution in [1.29, 1.82) is 0 Å². The summed E-state index contributed by atoms with van der Waals surface area (Å²) in [7, 11) is 1.51. The van der Waals surface area contributed by atoms with E-state index in [4.69, 9.17) is 9.47 Å². The zero-order chi connectivity index (χ0) is 17.5. The number of aliphatic hydroxyl groups excluding tert-OH is 1. The minimum Gasteiger partial charge on any atom is -0.507 e. The fraction of sp³-hybridized carbons (Fsp3) is 0.526. The average Bonchev–Trinajstić information content (AvgIpc) is 2.53. The molecule has 0 amide bonds. The number of cyclic esters (lactones) is 1. The quantitative estimate of drug-likeness (QED) is 0.766. The Bertz CT molecular complexity index is 594. The van der Waals surface area contributed by atoms with Gasteiger partial charge in [-0.3, -0.25) is 0 Å². The van der Waals surface area contributed by atoms with Gasteiger partial charge < -0.3 is 19.7 Å². The first-order chi connectivity index (χ1) is 11.5. The first-order valence-corrected chi connectivity index (χ1v) is 8.48. The Morgan fingerprint density at radius 3 is 2.71 bits per heavy atom. The van der Waals surface area contributed by atoms with Crippen molar-refractivity contribution in [3.8, 4) is 11.5 Å². The van der Waals surface area contributed by atoms with Gasteiger partial charge in [0.15, 0.2) is 0 Å². The molecule has 0 unspecified atom stereocenters. The number of hydrogen-bond acceptors (Lipinski definition) is 5. The lowest BCUT2D eigenvalue weighted by Gasteiger charge is -2.17. The van der Waals surface area contributed by atoms with Crippen LogP contribution in [0.4, 0.5) is 0 Å². The normalized spacial score (nSPS) is 24.4. The van der Waals surface area contributed by atoms with E-state index in [1.807, 2.05) is 13.0 Å². The first kappa shape index (κ1) is 18.3.